The van der Waals surface area contributed by atoms with Crippen LogP contribution in [0.15, 0.2) is 0 Å². The number of ether oxygens (including phenoxy) is 1. The van der Waals surface area contributed by atoms with E-state index in [0.717, 1.165) is 37.2 Å². The number of fused-ring (bicyclic) bond motifs is 2. The first-order chi connectivity index (χ1) is 9.24. The van der Waals surface area contributed by atoms with Crippen molar-refractivity contribution in [2.24, 2.45) is 17.8 Å². The maximum Gasteiger partial charge on any atom is 0.0692 e. The van der Waals surface area contributed by atoms with Crippen LogP contribution in [-0.2, 0) is 4.74 Å². The Morgan fingerprint density at radius 3 is 2.58 bits per heavy atom. The van der Waals surface area contributed by atoms with Crippen molar-refractivity contribution in [3.63, 3.8) is 0 Å². The van der Waals surface area contributed by atoms with E-state index >= 15 is 0 Å². The van der Waals surface area contributed by atoms with Gasteiger partial charge >= 0.3 is 0 Å². The Morgan fingerprint density at radius 1 is 1.11 bits per heavy atom. The van der Waals surface area contributed by atoms with Crippen molar-refractivity contribution in [2.45, 2.75) is 76.9 Å². The minimum Gasteiger partial charge on any atom is -0.375 e. The largest absolute Gasteiger partial charge is 0.375 e. The number of hydrogen-bond acceptors (Lipinski definition) is 2. The highest BCUT2D eigenvalue weighted by Gasteiger charge is 2.40. The van der Waals surface area contributed by atoms with Crippen LogP contribution >= 0.6 is 0 Å². The van der Waals surface area contributed by atoms with Crippen molar-refractivity contribution in [1.82, 2.24) is 5.32 Å². The average Bonchev–Trinajstić information content (AvgIpc) is 3.08. The fraction of sp³-hybridized carbons (Fsp3) is 1.00. The third kappa shape index (κ3) is 2.85. The van der Waals surface area contributed by atoms with Crippen LogP contribution in [0.1, 0.15) is 65.2 Å². The van der Waals surface area contributed by atoms with E-state index in [4.69, 9.17) is 4.74 Å². The molecule has 0 spiro atoms. The van der Waals surface area contributed by atoms with Crippen molar-refractivity contribution in [2.75, 3.05) is 13.2 Å². The standard InChI is InChI=1S/C17H31NO/c1-3-17(4-2)11-16(7-8-19-17)18-12-15-10-13-5-6-14(15)9-13/h13-16,18H,3-12H2,1-2H3. The monoisotopic (exact) mass is 265 g/mol. The fourth-order valence-corrected chi connectivity index (χ4v) is 4.89. The van der Waals surface area contributed by atoms with Gasteiger partial charge in [-0.05, 0) is 69.2 Å². The zero-order valence-electron chi connectivity index (χ0n) is 12.8. The molecule has 1 aliphatic heterocycles. The van der Waals surface area contributed by atoms with Gasteiger partial charge in [0, 0.05) is 12.6 Å². The van der Waals surface area contributed by atoms with E-state index in [0.29, 0.717) is 6.04 Å². The van der Waals surface area contributed by atoms with Crippen LogP contribution in [0.4, 0.5) is 0 Å². The summed E-state index contributed by atoms with van der Waals surface area (Å²) in [6, 6.07) is 0.702. The summed E-state index contributed by atoms with van der Waals surface area (Å²) in [6.07, 6.45) is 10.8. The highest BCUT2D eigenvalue weighted by atomic mass is 16.5. The van der Waals surface area contributed by atoms with E-state index in [9.17, 15) is 0 Å². The van der Waals surface area contributed by atoms with Crippen LogP contribution in [0.5, 0.6) is 0 Å². The highest BCUT2D eigenvalue weighted by Crippen LogP contribution is 2.48. The maximum absolute atomic E-state index is 6.08. The molecule has 0 aromatic carbocycles. The van der Waals surface area contributed by atoms with E-state index in [2.05, 4.69) is 19.2 Å². The van der Waals surface area contributed by atoms with Crippen LogP contribution in [0.25, 0.3) is 0 Å². The van der Waals surface area contributed by atoms with Crippen molar-refractivity contribution >= 4 is 0 Å². The molecule has 0 amide bonds. The predicted octanol–water partition coefficient (Wildman–Crippen LogP) is 3.75. The van der Waals surface area contributed by atoms with Crippen LogP contribution in [0, 0.1) is 17.8 Å². The Hall–Kier alpha value is -0.0800. The molecule has 2 heteroatoms. The zero-order chi connectivity index (χ0) is 13.3. The Bertz CT molecular complexity index is 300. The molecule has 3 aliphatic rings. The van der Waals surface area contributed by atoms with Crippen molar-refractivity contribution in [1.29, 1.82) is 0 Å². The van der Waals surface area contributed by atoms with Gasteiger partial charge in [-0.15, -0.1) is 0 Å². The first-order valence-corrected chi connectivity index (χ1v) is 8.62. The van der Waals surface area contributed by atoms with E-state index in [1.54, 1.807) is 0 Å². The Morgan fingerprint density at radius 2 is 1.95 bits per heavy atom. The lowest BCUT2D eigenvalue weighted by molar-refractivity contribution is -0.0934. The first-order valence-electron chi connectivity index (χ1n) is 8.62. The molecule has 4 unspecified atom stereocenters. The Balaban J connectivity index is 1.47. The molecule has 0 aromatic heterocycles. The van der Waals surface area contributed by atoms with Gasteiger partial charge in [0.1, 0.15) is 0 Å². The summed E-state index contributed by atoms with van der Waals surface area (Å²) in [5.41, 5.74) is 0.171. The lowest BCUT2D eigenvalue weighted by Gasteiger charge is -2.41. The number of rotatable bonds is 5. The molecular weight excluding hydrogens is 234 g/mol. The van der Waals surface area contributed by atoms with Crippen molar-refractivity contribution in [3.8, 4) is 0 Å². The van der Waals surface area contributed by atoms with Gasteiger partial charge in [-0.3, -0.25) is 0 Å². The molecule has 0 radical (unpaired) electrons. The molecule has 2 nitrogen and oxygen atoms in total. The summed E-state index contributed by atoms with van der Waals surface area (Å²) < 4.78 is 6.08. The van der Waals surface area contributed by atoms with Crippen molar-refractivity contribution < 1.29 is 4.74 Å². The second-order valence-corrected chi connectivity index (χ2v) is 7.27. The van der Waals surface area contributed by atoms with Gasteiger partial charge in [-0.25, -0.2) is 0 Å². The van der Waals surface area contributed by atoms with Crippen LogP contribution in [0.3, 0.4) is 0 Å². The smallest absolute Gasteiger partial charge is 0.0692 e. The summed E-state index contributed by atoms with van der Waals surface area (Å²) >= 11 is 0. The molecule has 3 fully saturated rings. The minimum atomic E-state index is 0.171. The average molecular weight is 265 g/mol. The highest BCUT2D eigenvalue weighted by molar-refractivity contribution is 4.93. The molecule has 1 saturated heterocycles. The van der Waals surface area contributed by atoms with E-state index < -0.39 is 0 Å². The molecule has 2 aliphatic carbocycles. The van der Waals surface area contributed by atoms with Gasteiger partial charge in [-0.2, -0.15) is 0 Å². The molecule has 2 bridgehead atoms. The first kappa shape index (κ1) is 13.9. The lowest BCUT2D eigenvalue weighted by Crippen LogP contribution is -2.47. The second kappa shape index (κ2) is 5.73. The van der Waals surface area contributed by atoms with Crippen LogP contribution < -0.4 is 5.32 Å². The fourth-order valence-electron chi connectivity index (χ4n) is 4.89. The van der Waals surface area contributed by atoms with E-state index in [-0.39, 0.29) is 5.60 Å². The molecule has 0 aromatic rings. The lowest BCUT2D eigenvalue weighted by atomic mass is 9.85. The summed E-state index contributed by atoms with van der Waals surface area (Å²) in [6.45, 7) is 6.79. The molecule has 2 saturated carbocycles. The quantitative estimate of drug-likeness (QED) is 0.817. The molecule has 1 N–H and O–H groups in total. The maximum atomic E-state index is 6.08. The predicted molar refractivity (Wildman–Crippen MR) is 79.2 cm³/mol. The normalized spacial score (nSPS) is 40.7. The minimum absolute atomic E-state index is 0.171. The van der Waals surface area contributed by atoms with Gasteiger partial charge in [-0.1, -0.05) is 20.3 Å². The third-order valence-corrected chi connectivity index (χ3v) is 6.33. The summed E-state index contributed by atoms with van der Waals surface area (Å²) in [4.78, 5) is 0. The van der Waals surface area contributed by atoms with E-state index in [1.165, 1.54) is 45.1 Å². The molecular formula is C17H31NO. The summed E-state index contributed by atoms with van der Waals surface area (Å²) in [5.74, 6) is 3.12. The molecule has 110 valence electrons. The molecule has 19 heavy (non-hydrogen) atoms. The molecule has 4 atom stereocenters. The van der Waals surface area contributed by atoms with Crippen LogP contribution in [-0.4, -0.2) is 24.8 Å². The SMILES string of the molecule is CCC1(CC)CC(NCC2CC3CCC2C3)CCO1. The third-order valence-electron chi connectivity index (χ3n) is 6.33. The summed E-state index contributed by atoms with van der Waals surface area (Å²) in [5, 5.41) is 3.89. The van der Waals surface area contributed by atoms with Crippen LogP contribution in [0.2, 0.25) is 0 Å². The van der Waals surface area contributed by atoms with Gasteiger partial charge in [0.15, 0.2) is 0 Å². The zero-order valence-corrected chi connectivity index (χ0v) is 12.8. The van der Waals surface area contributed by atoms with Crippen molar-refractivity contribution in [3.05, 3.63) is 0 Å². The Labute approximate surface area is 118 Å². The second-order valence-electron chi connectivity index (χ2n) is 7.27. The Kier molecular flexibility index (Phi) is 4.19. The van der Waals surface area contributed by atoms with E-state index in [1.807, 2.05) is 0 Å². The molecule has 1 heterocycles. The van der Waals surface area contributed by atoms with Gasteiger partial charge in [0.2, 0.25) is 0 Å². The van der Waals surface area contributed by atoms with Gasteiger partial charge < -0.3 is 10.1 Å². The van der Waals surface area contributed by atoms with Gasteiger partial charge in [0.25, 0.3) is 0 Å². The summed E-state index contributed by atoms with van der Waals surface area (Å²) in [7, 11) is 0. The number of nitrogens with one attached hydrogen (secondary N) is 1. The topological polar surface area (TPSA) is 21.3 Å². The number of hydrogen-bond donors (Lipinski definition) is 1. The van der Waals surface area contributed by atoms with Gasteiger partial charge in [0.05, 0.1) is 5.60 Å². The molecule has 3 rings (SSSR count).